The Labute approximate surface area is 193 Å². The number of thiophene rings is 1. The monoisotopic (exact) mass is 468 g/mol. The maximum atomic E-state index is 13.9. The normalized spacial score (nSPS) is 13.4. The molecule has 0 bridgehead atoms. The number of thioether (sulfide) groups is 1. The van der Waals surface area contributed by atoms with E-state index in [2.05, 4.69) is 22.4 Å². The standard InChI is InChI=1S/C22H24N6O2S2/c1-3-12-27-18(24-25-26-27)13-31-22-23-20-19(14-8-4-7-11-17(14)32-20)21(29)28(22)15-9-5-6-10-16(15)30-2/h5-6,9-10H,3-4,7-8,11-13H2,1-2H3. The third kappa shape index (κ3) is 3.71. The molecule has 3 aromatic heterocycles. The SMILES string of the molecule is CCCn1nnnc1CSc1nc2sc3c(c2c(=O)n1-c1ccccc1OC)CCCC3. The molecule has 0 amide bonds. The average Bonchev–Trinajstić information content (AvgIpc) is 3.42. The third-order valence-corrected chi connectivity index (χ3v) is 7.78. The van der Waals surface area contributed by atoms with E-state index in [0.29, 0.717) is 22.3 Å². The Morgan fingerprint density at radius 3 is 2.91 bits per heavy atom. The molecule has 0 atom stereocenters. The molecule has 166 valence electrons. The Morgan fingerprint density at radius 2 is 2.06 bits per heavy atom. The van der Waals surface area contributed by atoms with E-state index >= 15 is 0 Å². The molecule has 0 fully saturated rings. The smallest absolute Gasteiger partial charge is 0.267 e. The molecule has 5 rings (SSSR count). The van der Waals surface area contributed by atoms with Crippen molar-refractivity contribution in [2.24, 2.45) is 0 Å². The van der Waals surface area contributed by atoms with Crippen LogP contribution in [-0.2, 0) is 25.1 Å². The molecule has 3 heterocycles. The summed E-state index contributed by atoms with van der Waals surface area (Å²) in [5, 5.41) is 13.4. The first-order valence-corrected chi connectivity index (χ1v) is 12.6. The first-order chi connectivity index (χ1) is 15.7. The first kappa shape index (κ1) is 21.1. The molecule has 4 aromatic rings. The highest BCUT2D eigenvalue weighted by atomic mass is 32.2. The topological polar surface area (TPSA) is 87.7 Å². The number of fused-ring (bicyclic) bond motifs is 3. The summed E-state index contributed by atoms with van der Waals surface area (Å²) in [7, 11) is 1.62. The summed E-state index contributed by atoms with van der Waals surface area (Å²) >= 11 is 3.14. The molecule has 10 heteroatoms. The molecule has 1 aliphatic carbocycles. The van der Waals surface area contributed by atoms with Gasteiger partial charge in [0, 0.05) is 11.4 Å². The molecular weight excluding hydrogens is 444 g/mol. The van der Waals surface area contributed by atoms with Gasteiger partial charge in [-0.15, -0.1) is 16.4 Å². The highest BCUT2D eigenvalue weighted by Gasteiger charge is 2.24. The predicted octanol–water partition coefficient (Wildman–Crippen LogP) is 4.02. The van der Waals surface area contributed by atoms with Gasteiger partial charge in [0.25, 0.3) is 5.56 Å². The van der Waals surface area contributed by atoms with Crippen molar-refractivity contribution in [3.05, 3.63) is 50.9 Å². The van der Waals surface area contributed by atoms with Crippen LogP contribution in [0.15, 0.2) is 34.2 Å². The second-order valence-corrected chi connectivity index (χ2v) is 9.73. The highest BCUT2D eigenvalue weighted by molar-refractivity contribution is 7.98. The fourth-order valence-electron chi connectivity index (χ4n) is 4.15. The molecule has 0 spiro atoms. The zero-order valence-electron chi connectivity index (χ0n) is 18.1. The van der Waals surface area contributed by atoms with E-state index < -0.39 is 0 Å². The van der Waals surface area contributed by atoms with Crippen molar-refractivity contribution in [2.45, 2.75) is 56.5 Å². The minimum atomic E-state index is -0.0328. The van der Waals surface area contributed by atoms with Crippen molar-refractivity contribution in [3.8, 4) is 11.4 Å². The van der Waals surface area contributed by atoms with Gasteiger partial charge in [-0.1, -0.05) is 30.8 Å². The zero-order chi connectivity index (χ0) is 22.1. The number of aryl methyl sites for hydroxylation is 3. The Balaban J connectivity index is 1.66. The van der Waals surface area contributed by atoms with Crippen molar-refractivity contribution in [1.82, 2.24) is 29.8 Å². The number of ether oxygens (including phenoxy) is 1. The summed E-state index contributed by atoms with van der Waals surface area (Å²) in [6.45, 7) is 2.85. The molecule has 0 saturated heterocycles. The molecule has 0 N–H and O–H groups in total. The average molecular weight is 469 g/mol. The molecule has 0 radical (unpaired) electrons. The summed E-state index contributed by atoms with van der Waals surface area (Å²) in [6, 6.07) is 7.58. The van der Waals surface area contributed by atoms with Gasteiger partial charge in [-0.2, -0.15) is 0 Å². The second-order valence-electron chi connectivity index (χ2n) is 7.70. The summed E-state index contributed by atoms with van der Waals surface area (Å²) in [5.74, 6) is 1.92. The van der Waals surface area contributed by atoms with Crippen molar-refractivity contribution in [3.63, 3.8) is 0 Å². The van der Waals surface area contributed by atoms with Crippen LogP contribution in [-0.4, -0.2) is 36.9 Å². The van der Waals surface area contributed by atoms with Gasteiger partial charge < -0.3 is 4.74 Å². The maximum absolute atomic E-state index is 13.9. The van der Waals surface area contributed by atoms with Crippen LogP contribution in [0.25, 0.3) is 15.9 Å². The molecule has 32 heavy (non-hydrogen) atoms. The number of para-hydroxylation sites is 2. The Morgan fingerprint density at radius 1 is 1.22 bits per heavy atom. The van der Waals surface area contributed by atoms with Gasteiger partial charge >= 0.3 is 0 Å². The van der Waals surface area contributed by atoms with Crippen molar-refractivity contribution < 1.29 is 4.74 Å². The van der Waals surface area contributed by atoms with Crippen LogP contribution < -0.4 is 10.3 Å². The minimum Gasteiger partial charge on any atom is -0.495 e. The first-order valence-electron chi connectivity index (χ1n) is 10.8. The lowest BCUT2D eigenvalue weighted by Crippen LogP contribution is -2.23. The fraction of sp³-hybridized carbons (Fsp3) is 0.409. The van der Waals surface area contributed by atoms with Crippen LogP contribution in [0, 0.1) is 0 Å². The number of hydrogen-bond acceptors (Lipinski definition) is 8. The van der Waals surface area contributed by atoms with E-state index in [1.165, 1.54) is 28.6 Å². The molecule has 0 saturated carbocycles. The molecule has 0 aliphatic heterocycles. The molecule has 8 nitrogen and oxygen atoms in total. The van der Waals surface area contributed by atoms with Gasteiger partial charge in [-0.05, 0) is 60.2 Å². The van der Waals surface area contributed by atoms with Gasteiger partial charge in [-0.3, -0.25) is 9.36 Å². The summed E-state index contributed by atoms with van der Waals surface area (Å²) in [4.78, 5) is 21.0. The van der Waals surface area contributed by atoms with Crippen molar-refractivity contribution in [2.75, 3.05) is 7.11 Å². The molecular formula is C22H24N6O2S2. The number of aromatic nitrogens is 6. The van der Waals surface area contributed by atoms with Crippen LogP contribution in [0.4, 0.5) is 0 Å². The number of hydrogen-bond donors (Lipinski definition) is 0. The van der Waals surface area contributed by atoms with E-state index in [0.717, 1.165) is 48.3 Å². The van der Waals surface area contributed by atoms with Crippen molar-refractivity contribution >= 4 is 33.3 Å². The van der Waals surface area contributed by atoms with Gasteiger partial charge in [0.2, 0.25) is 0 Å². The van der Waals surface area contributed by atoms with Crippen LogP contribution in [0.2, 0.25) is 0 Å². The van der Waals surface area contributed by atoms with E-state index in [1.807, 2.05) is 24.3 Å². The van der Waals surface area contributed by atoms with Crippen molar-refractivity contribution in [1.29, 1.82) is 0 Å². The Kier molecular flexibility index (Phi) is 5.97. The maximum Gasteiger partial charge on any atom is 0.267 e. The molecule has 0 unspecified atom stereocenters. The molecule has 1 aromatic carbocycles. The quantitative estimate of drug-likeness (QED) is 0.299. The third-order valence-electron chi connectivity index (χ3n) is 5.66. The zero-order valence-corrected chi connectivity index (χ0v) is 19.7. The van der Waals surface area contributed by atoms with Crippen LogP contribution in [0.5, 0.6) is 5.75 Å². The van der Waals surface area contributed by atoms with E-state index in [-0.39, 0.29) is 5.56 Å². The highest BCUT2D eigenvalue weighted by Crippen LogP contribution is 2.36. The van der Waals surface area contributed by atoms with Gasteiger partial charge in [0.05, 0.1) is 23.9 Å². The summed E-state index contributed by atoms with van der Waals surface area (Å²) in [5.41, 5.74) is 1.84. The lowest BCUT2D eigenvalue weighted by Gasteiger charge is -2.15. The molecule has 1 aliphatic rings. The van der Waals surface area contributed by atoms with Gasteiger partial charge in [0.15, 0.2) is 11.0 Å². The number of rotatable bonds is 7. The number of methoxy groups -OCH3 is 1. The van der Waals surface area contributed by atoms with E-state index in [4.69, 9.17) is 9.72 Å². The van der Waals surface area contributed by atoms with Crippen LogP contribution in [0.3, 0.4) is 0 Å². The number of benzene rings is 1. The summed E-state index contributed by atoms with van der Waals surface area (Å²) in [6.07, 6.45) is 5.19. The van der Waals surface area contributed by atoms with Gasteiger partial charge in [-0.25, -0.2) is 9.67 Å². The number of nitrogens with zero attached hydrogens (tertiary/aromatic N) is 6. The number of tetrazole rings is 1. The van der Waals surface area contributed by atoms with E-state index in [1.54, 1.807) is 27.7 Å². The Hall–Kier alpha value is -2.72. The summed E-state index contributed by atoms with van der Waals surface area (Å²) < 4.78 is 9.09. The lowest BCUT2D eigenvalue weighted by molar-refractivity contribution is 0.411. The van der Waals surface area contributed by atoms with Crippen LogP contribution in [0.1, 0.15) is 42.5 Å². The predicted molar refractivity (Wildman–Crippen MR) is 126 cm³/mol. The fourth-order valence-corrected chi connectivity index (χ4v) is 6.39. The van der Waals surface area contributed by atoms with E-state index in [9.17, 15) is 4.79 Å². The Bertz CT molecular complexity index is 1330. The lowest BCUT2D eigenvalue weighted by atomic mass is 9.97. The second kappa shape index (κ2) is 9.03. The van der Waals surface area contributed by atoms with Gasteiger partial charge in [0.1, 0.15) is 10.6 Å². The van der Waals surface area contributed by atoms with Crippen LogP contribution >= 0.6 is 23.1 Å². The largest absolute Gasteiger partial charge is 0.495 e. The minimum absolute atomic E-state index is 0.0328.